The van der Waals surface area contributed by atoms with Gasteiger partial charge in [0.25, 0.3) is 0 Å². The lowest BCUT2D eigenvalue weighted by Gasteiger charge is -2.30. The van der Waals surface area contributed by atoms with Crippen LogP contribution in [-0.4, -0.2) is 17.4 Å². The molecule has 0 aliphatic carbocycles. The standard InChI is InChI=1S/C20H17ClN2O/c21-16-9-7-14(8-10-16)12-19(24)23-11-3-6-18-20(23)17-5-2-1-4-15(17)13-22-18/h1-2,4-5,7-10,13H,3,6,11-12H2. The van der Waals surface area contributed by atoms with Gasteiger partial charge in [0.1, 0.15) is 0 Å². The molecule has 0 N–H and O–H groups in total. The number of hydrogen-bond donors (Lipinski definition) is 0. The molecule has 3 nitrogen and oxygen atoms in total. The molecule has 1 aromatic heterocycles. The maximum Gasteiger partial charge on any atom is 0.231 e. The summed E-state index contributed by atoms with van der Waals surface area (Å²) in [5.74, 6) is 0.108. The fourth-order valence-corrected chi connectivity index (χ4v) is 3.44. The van der Waals surface area contributed by atoms with Crippen molar-refractivity contribution in [3.8, 4) is 0 Å². The zero-order valence-electron chi connectivity index (χ0n) is 13.2. The zero-order valence-corrected chi connectivity index (χ0v) is 14.0. The highest BCUT2D eigenvalue weighted by Crippen LogP contribution is 2.33. The fourth-order valence-electron chi connectivity index (χ4n) is 3.31. The second-order valence-corrected chi connectivity index (χ2v) is 6.53. The topological polar surface area (TPSA) is 33.2 Å². The maximum atomic E-state index is 12.9. The lowest BCUT2D eigenvalue weighted by atomic mass is 10.0. The quantitative estimate of drug-likeness (QED) is 0.694. The number of pyridine rings is 1. The van der Waals surface area contributed by atoms with Crippen molar-refractivity contribution in [2.75, 3.05) is 11.4 Å². The van der Waals surface area contributed by atoms with Gasteiger partial charge in [0.15, 0.2) is 0 Å². The number of anilines is 1. The van der Waals surface area contributed by atoms with Crippen molar-refractivity contribution >= 4 is 34.0 Å². The van der Waals surface area contributed by atoms with Crippen LogP contribution in [0.4, 0.5) is 5.69 Å². The summed E-state index contributed by atoms with van der Waals surface area (Å²) in [5, 5.41) is 2.86. The van der Waals surface area contributed by atoms with Crippen LogP contribution in [0.5, 0.6) is 0 Å². The van der Waals surface area contributed by atoms with E-state index in [2.05, 4.69) is 11.1 Å². The zero-order chi connectivity index (χ0) is 16.5. The molecule has 1 aliphatic rings. The molecule has 2 heterocycles. The van der Waals surface area contributed by atoms with Gasteiger partial charge in [-0.1, -0.05) is 48.0 Å². The monoisotopic (exact) mass is 336 g/mol. The molecule has 0 radical (unpaired) electrons. The first-order chi connectivity index (χ1) is 11.7. The Bertz CT molecular complexity index is 905. The number of carbonyl (C=O) groups excluding carboxylic acids is 1. The van der Waals surface area contributed by atoms with E-state index in [1.54, 1.807) is 0 Å². The first-order valence-electron chi connectivity index (χ1n) is 8.14. The average molecular weight is 337 g/mol. The van der Waals surface area contributed by atoms with Gasteiger partial charge in [0.2, 0.25) is 5.91 Å². The Labute approximate surface area is 145 Å². The molecule has 0 unspecified atom stereocenters. The van der Waals surface area contributed by atoms with Gasteiger partial charge >= 0.3 is 0 Å². The predicted molar refractivity (Wildman–Crippen MR) is 97.6 cm³/mol. The molecule has 4 rings (SSSR count). The molecule has 4 heteroatoms. The van der Waals surface area contributed by atoms with Crippen molar-refractivity contribution in [2.45, 2.75) is 19.3 Å². The van der Waals surface area contributed by atoms with E-state index in [0.717, 1.165) is 47.1 Å². The van der Waals surface area contributed by atoms with Crippen LogP contribution in [0.15, 0.2) is 54.7 Å². The van der Waals surface area contributed by atoms with E-state index < -0.39 is 0 Å². The van der Waals surface area contributed by atoms with E-state index in [1.165, 1.54) is 0 Å². The highest BCUT2D eigenvalue weighted by atomic mass is 35.5. The molecule has 120 valence electrons. The van der Waals surface area contributed by atoms with E-state index in [-0.39, 0.29) is 5.91 Å². The first-order valence-corrected chi connectivity index (χ1v) is 8.51. The van der Waals surface area contributed by atoms with Crippen molar-refractivity contribution < 1.29 is 4.79 Å². The molecule has 24 heavy (non-hydrogen) atoms. The van der Waals surface area contributed by atoms with E-state index >= 15 is 0 Å². The first kappa shape index (κ1) is 15.2. The van der Waals surface area contributed by atoms with Crippen molar-refractivity contribution in [3.63, 3.8) is 0 Å². The summed E-state index contributed by atoms with van der Waals surface area (Å²) in [6.07, 6.45) is 4.15. The largest absolute Gasteiger partial charge is 0.310 e. The van der Waals surface area contributed by atoms with Crippen LogP contribution in [0.3, 0.4) is 0 Å². The Kier molecular flexibility index (Phi) is 3.95. The summed E-state index contributed by atoms with van der Waals surface area (Å²) in [4.78, 5) is 19.4. The second-order valence-electron chi connectivity index (χ2n) is 6.09. The van der Waals surface area contributed by atoms with E-state index in [4.69, 9.17) is 11.6 Å². The molecule has 0 bridgehead atoms. The highest BCUT2D eigenvalue weighted by Gasteiger charge is 2.25. The minimum atomic E-state index is 0.108. The maximum absolute atomic E-state index is 12.9. The van der Waals surface area contributed by atoms with Crippen LogP contribution in [0.1, 0.15) is 17.7 Å². The van der Waals surface area contributed by atoms with E-state index in [0.29, 0.717) is 11.4 Å². The number of fused-ring (bicyclic) bond motifs is 3. The number of benzene rings is 2. The Morgan fingerprint density at radius 3 is 2.75 bits per heavy atom. The molecule has 0 atom stereocenters. The third-order valence-electron chi connectivity index (χ3n) is 4.48. The third kappa shape index (κ3) is 2.76. The van der Waals surface area contributed by atoms with E-state index in [1.807, 2.05) is 53.6 Å². The minimum Gasteiger partial charge on any atom is -0.310 e. The van der Waals surface area contributed by atoms with Crippen LogP contribution in [0, 0.1) is 0 Å². The molecular weight excluding hydrogens is 320 g/mol. The number of amides is 1. The normalized spacial score (nSPS) is 13.8. The number of nitrogens with zero attached hydrogens (tertiary/aromatic N) is 2. The Morgan fingerprint density at radius 1 is 1.12 bits per heavy atom. The van der Waals surface area contributed by atoms with Gasteiger partial charge in [-0.25, -0.2) is 0 Å². The second kappa shape index (κ2) is 6.25. The van der Waals surface area contributed by atoms with Gasteiger partial charge in [-0.2, -0.15) is 0 Å². The third-order valence-corrected chi connectivity index (χ3v) is 4.74. The summed E-state index contributed by atoms with van der Waals surface area (Å²) in [5.41, 5.74) is 2.98. The molecule has 3 aromatic rings. The fraction of sp³-hybridized carbons (Fsp3) is 0.200. The Hall–Kier alpha value is -2.39. The van der Waals surface area contributed by atoms with Crippen molar-refractivity contribution in [1.82, 2.24) is 4.98 Å². The highest BCUT2D eigenvalue weighted by molar-refractivity contribution is 6.30. The number of hydrogen-bond acceptors (Lipinski definition) is 2. The molecule has 0 fully saturated rings. The predicted octanol–water partition coefficient (Wildman–Crippen LogP) is 4.41. The van der Waals surface area contributed by atoms with Gasteiger partial charge in [-0.15, -0.1) is 0 Å². The van der Waals surface area contributed by atoms with Gasteiger partial charge in [-0.3, -0.25) is 9.78 Å². The van der Waals surface area contributed by atoms with Crippen LogP contribution in [-0.2, 0) is 17.6 Å². The lowest BCUT2D eigenvalue weighted by molar-refractivity contribution is -0.118. The van der Waals surface area contributed by atoms with Crippen LogP contribution in [0.2, 0.25) is 5.02 Å². The molecule has 0 spiro atoms. The van der Waals surface area contributed by atoms with Crippen LogP contribution >= 0.6 is 11.6 Å². The van der Waals surface area contributed by atoms with Crippen molar-refractivity contribution in [1.29, 1.82) is 0 Å². The van der Waals surface area contributed by atoms with Gasteiger partial charge in [0, 0.05) is 28.5 Å². The summed E-state index contributed by atoms with van der Waals surface area (Å²) in [7, 11) is 0. The number of rotatable bonds is 2. The smallest absolute Gasteiger partial charge is 0.231 e. The number of carbonyl (C=O) groups is 1. The molecule has 0 saturated carbocycles. The van der Waals surface area contributed by atoms with Crippen LogP contribution < -0.4 is 4.90 Å². The van der Waals surface area contributed by atoms with Gasteiger partial charge in [-0.05, 0) is 30.5 Å². The Balaban J connectivity index is 1.71. The van der Waals surface area contributed by atoms with Crippen molar-refractivity contribution in [2.24, 2.45) is 0 Å². The van der Waals surface area contributed by atoms with Gasteiger partial charge < -0.3 is 4.90 Å². The lowest BCUT2D eigenvalue weighted by Crippen LogP contribution is -2.37. The summed E-state index contributed by atoms with van der Waals surface area (Å²) in [6, 6.07) is 15.6. The average Bonchev–Trinajstić information content (AvgIpc) is 2.63. The molecule has 2 aromatic carbocycles. The Morgan fingerprint density at radius 2 is 1.92 bits per heavy atom. The summed E-state index contributed by atoms with van der Waals surface area (Å²) in [6.45, 7) is 0.745. The number of aryl methyl sites for hydroxylation is 1. The molecule has 1 amide bonds. The molecule has 1 aliphatic heterocycles. The van der Waals surface area contributed by atoms with E-state index in [9.17, 15) is 4.79 Å². The SMILES string of the molecule is O=C(Cc1ccc(Cl)cc1)N1CCCc2ncc3ccccc3c21. The number of halogens is 1. The minimum absolute atomic E-state index is 0.108. The number of aromatic nitrogens is 1. The van der Waals surface area contributed by atoms with Gasteiger partial charge in [0.05, 0.1) is 17.8 Å². The molecular formula is C20H17ClN2O. The van der Waals surface area contributed by atoms with Crippen molar-refractivity contribution in [3.05, 3.63) is 71.0 Å². The summed E-state index contributed by atoms with van der Waals surface area (Å²) < 4.78 is 0. The van der Waals surface area contributed by atoms with Crippen LogP contribution in [0.25, 0.3) is 10.8 Å². The summed E-state index contributed by atoms with van der Waals surface area (Å²) >= 11 is 5.93. The molecule has 0 saturated heterocycles.